The van der Waals surface area contributed by atoms with Gasteiger partial charge in [0.15, 0.2) is 0 Å². The van der Waals surface area contributed by atoms with Gasteiger partial charge in [0.05, 0.1) is 29.3 Å². The third-order valence-electron chi connectivity index (χ3n) is 3.94. The minimum Gasteiger partial charge on any atom is -0.390 e. The van der Waals surface area contributed by atoms with E-state index in [1.807, 2.05) is 6.92 Å². The van der Waals surface area contributed by atoms with Gasteiger partial charge in [0.25, 0.3) is 0 Å². The Labute approximate surface area is 140 Å². The molecule has 2 heterocycles. The molecular weight excluding hydrogens is 342 g/mol. The van der Waals surface area contributed by atoms with Crippen LogP contribution in [0.3, 0.4) is 0 Å². The molecule has 1 fully saturated rings. The zero-order chi connectivity index (χ0) is 17.4. The Morgan fingerprint density at radius 3 is 2.52 bits per heavy atom. The van der Waals surface area contributed by atoms with Crippen LogP contribution in [0, 0.1) is 13.8 Å². The quantitative estimate of drug-likeness (QED) is 0.592. The lowest BCUT2D eigenvalue weighted by atomic mass is 10.0. The van der Waals surface area contributed by atoms with E-state index in [4.69, 9.17) is 4.74 Å². The van der Waals surface area contributed by atoms with E-state index >= 15 is 0 Å². The maximum atomic E-state index is 12.4. The van der Waals surface area contributed by atoms with Gasteiger partial charge in [-0.1, -0.05) is 0 Å². The molecule has 0 aromatic carbocycles. The highest BCUT2D eigenvalue weighted by molar-refractivity contribution is 7.89. The second kappa shape index (κ2) is 7.14. The zero-order valence-electron chi connectivity index (χ0n) is 13.3. The lowest BCUT2D eigenvalue weighted by molar-refractivity contribution is -0.0939. The lowest BCUT2D eigenvalue weighted by Gasteiger charge is -2.24. The number of thiophene rings is 1. The van der Waals surface area contributed by atoms with Crippen LogP contribution in [0.4, 0.5) is 0 Å². The summed E-state index contributed by atoms with van der Waals surface area (Å²) >= 11 is 1.40. The Kier molecular flexibility index (Phi) is 5.83. The molecule has 4 N–H and O–H groups in total. The van der Waals surface area contributed by atoms with Crippen LogP contribution in [0.5, 0.6) is 0 Å². The van der Waals surface area contributed by atoms with Gasteiger partial charge in [-0.25, -0.2) is 13.1 Å². The van der Waals surface area contributed by atoms with Crippen LogP contribution in [-0.2, 0) is 14.8 Å². The number of sulfonamides is 1. The van der Waals surface area contributed by atoms with E-state index < -0.39 is 40.5 Å². The molecule has 3 unspecified atom stereocenters. The third kappa shape index (κ3) is 4.30. The molecule has 0 radical (unpaired) electrons. The van der Waals surface area contributed by atoms with Crippen molar-refractivity contribution < 1.29 is 28.5 Å². The van der Waals surface area contributed by atoms with Crippen molar-refractivity contribution in [2.45, 2.75) is 62.6 Å². The van der Waals surface area contributed by atoms with E-state index in [9.17, 15) is 23.7 Å². The number of rotatable bonds is 4. The van der Waals surface area contributed by atoms with E-state index in [1.165, 1.54) is 11.3 Å². The Balaban J connectivity index is 2.08. The highest BCUT2D eigenvalue weighted by Gasteiger charge is 2.36. The topological polar surface area (TPSA) is 116 Å². The smallest absolute Gasteiger partial charge is 0.241 e. The normalized spacial score (nSPS) is 32.7. The molecule has 0 aliphatic carbocycles. The van der Waals surface area contributed by atoms with E-state index in [0.29, 0.717) is 4.88 Å². The molecule has 0 bridgehead atoms. The van der Waals surface area contributed by atoms with Crippen molar-refractivity contribution in [3.63, 3.8) is 0 Å². The molecule has 7 nitrogen and oxygen atoms in total. The summed E-state index contributed by atoms with van der Waals surface area (Å²) < 4.78 is 32.7. The molecule has 2 rings (SSSR count). The molecular formula is C14H23NO6S2. The zero-order valence-corrected chi connectivity index (χ0v) is 14.9. The first-order valence-corrected chi connectivity index (χ1v) is 9.68. The fraction of sp³-hybridized carbons (Fsp3) is 0.714. The first-order chi connectivity index (χ1) is 10.6. The molecule has 9 heteroatoms. The van der Waals surface area contributed by atoms with Crippen LogP contribution >= 0.6 is 11.3 Å². The SMILES string of the molecule is Cc1cc(S(=O)(=O)NC[C@H]2OC(C)[C@@H](O)C(O)CC2O)c(C)s1. The lowest BCUT2D eigenvalue weighted by Crippen LogP contribution is -2.41. The van der Waals surface area contributed by atoms with Crippen molar-refractivity contribution in [2.24, 2.45) is 0 Å². The Morgan fingerprint density at radius 2 is 1.96 bits per heavy atom. The first kappa shape index (κ1) is 18.8. The highest BCUT2D eigenvalue weighted by atomic mass is 32.2. The van der Waals surface area contributed by atoms with Gasteiger partial charge >= 0.3 is 0 Å². The number of aliphatic hydroxyl groups excluding tert-OH is 3. The van der Waals surface area contributed by atoms with E-state index in [1.54, 1.807) is 19.9 Å². The standard InChI is InChI=1S/C14H23NO6S2/c1-7-4-13(9(3)22-7)23(19,20)15-6-12-10(16)5-11(17)14(18)8(2)21-12/h4,8,10-12,14-18H,5-6H2,1-3H3/t8?,10?,11?,12-,14-/m1/s1. The number of aryl methyl sites for hydroxylation is 2. The summed E-state index contributed by atoms with van der Waals surface area (Å²) in [6.07, 6.45) is -4.92. The van der Waals surface area contributed by atoms with Crippen molar-refractivity contribution in [2.75, 3.05) is 6.54 Å². The van der Waals surface area contributed by atoms with Crippen LogP contribution in [0.1, 0.15) is 23.1 Å². The van der Waals surface area contributed by atoms with Crippen LogP contribution in [0.15, 0.2) is 11.0 Å². The van der Waals surface area contributed by atoms with Gasteiger partial charge in [-0.05, 0) is 26.8 Å². The number of hydrogen-bond donors (Lipinski definition) is 4. The van der Waals surface area contributed by atoms with E-state index in [0.717, 1.165) is 4.88 Å². The molecule has 1 aromatic rings. The van der Waals surface area contributed by atoms with Crippen LogP contribution in [-0.4, -0.2) is 60.8 Å². The average molecular weight is 365 g/mol. The molecule has 1 saturated heterocycles. The minimum absolute atomic E-state index is 0.0749. The van der Waals surface area contributed by atoms with Crippen LogP contribution in [0.25, 0.3) is 0 Å². The van der Waals surface area contributed by atoms with Crippen molar-refractivity contribution >= 4 is 21.4 Å². The summed E-state index contributed by atoms with van der Waals surface area (Å²) in [5, 5.41) is 29.6. The molecule has 0 spiro atoms. The van der Waals surface area contributed by atoms with Gasteiger partial charge in [0.2, 0.25) is 10.0 Å². The molecule has 23 heavy (non-hydrogen) atoms. The second-order valence-electron chi connectivity index (χ2n) is 5.87. The van der Waals surface area contributed by atoms with Gasteiger partial charge in [-0.15, -0.1) is 11.3 Å². The van der Waals surface area contributed by atoms with Crippen molar-refractivity contribution in [3.8, 4) is 0 Å². The molecule has 1 aliphatic rings. The van der Waals surface area contributed by atoms with Crippen LogP contribution < -0.4 is 4.72 Å². The van der Waals surface area contributed by atoms with Crippen LogP contribution in [0.2, 0.25) is 0 Å². The predicted molar refractivity (Wildman–Crippen MR) is 86.0 cm³/mol. The summed E-state index contributed by atoms with van der Waals surface area (Å²) in [4.78, 5) is 1.81. The number of nitrogens with one attached hydrogen (secondary N) is 1. The summed E-state index contributed by atoms with van der Waals surface area (Å²) in [6.45, 7) is 5.00. The first-order valence-electron chi connectivity index (χ1n) is 7.38. The minimum atomic E-state index is -3.71. The predicted octanol–water partition coefficient (Wildman–Crippen LogP) is -0.0967. The molecule has 0 amide bonds. The van der Waals surface area contributed by atoms with Crippen molar-refractivity contribution in [3.05, 3.63) is 15.8 Å². The molecule has 0 saturated carbocycles. The largest absolute Gasteiger partial charge is 0.390 e. The summed E-state index contributed by atoms with van der Waals surface area (Å²) in [6, 6.07) is 1.60. The number of ether oxygens (including phenoxy) is 1. The van der Waals surface area contributed by atoms with E-state index in [-0.39, 0.29) is 17.9 Å². The Bertz CT molecular complexity index is 644. The van der Waals surface area contributed by atoms with Gasteiger partial charge in [-0.2, -0.15) is 0 Å². The number of aliphatic hydroxyl groups is 3. The summed E-state index contributed by atoms with van der Waals surface area (Å²) in [7, 11) is -3.71. The Hall–Kier alpha value is -0.550. The van der Waals surface area contributed by atoms with Gasteiger partial charge in [0, 0.05) is 22.7 Å². The maximum absolute atomic E-state index is 12.4. The molecule has 132 valence electrons. The maximum Gasteiger partial charge on any atom is 0.241 e. The summed E-state index contributed by atoms with van der Waals surface area (Å²) in [5.74, 6) is 0. The highest BCUT2D eigenvalue weighted by Crippen LogP contribution is 2.25. The van der Waals surface area contributed by atoms with E-state index in [2.05, 4.69) is 4.72 Å². The van der Waals surface area contributed by atoms with Gasteiger partial charge < -0.3 is 20.1 Å². The third-order valence-corrected chi connectivity index (χ3v) is 6.58. The summed E-state index contributed by atoms with van der Waals surface area (Å²) in [5.41, 5.74) is 0. The Morgan fingerprint density at radius 1 is 1.30 bits per heavy atom. The van der Waals surface area contributed by atoms with Gasteiger partial charge in [-0.3, -0.25) is 0 Å². The number of hydrogen-bond acceptors (Lipinski definition) is 7. The van der Waals surface area contributed by atoms with Crippen molar-refractivity contribution in [1.82, 2.24) is 4.72 Å². The van der Waals surface area contributed by atoms with Gasteiger partial charge in [0.1, 0.15) is 6.10 Å². The molecule has 1 aliphatic heterocycles. The monoisotopic (exact) mass is 365 g/mol. The second-order valence-corrected chi connectivity index (χ2v) is 9.07. The molecule has 1 aromatic heterocycles. The fourth-order valence-corrected chi connectivity index (χ4v) is 5.22. The fourth-order valence-electron chi connectivity index (χ4n) is 2.63. The average Bonchev–Trinajstić information content (AvgIpc) is 2.77. The van der Waals surface area contributed by atoms with Crippen molar-refractivity contribution in [1.29, 1.82) is 0 Å². The molecule has 5 atom stereocenters.